The van der Waals surface area contributed by atoms with Gasteiger partial charge in [-0.25, -0.2) is 4.79 Å². The molecule has 0 saturated carbocycles. The average Bonchev–Trinajstić information content (AvgIpc) is 2.98. The molecule has 0 aliphatic carbocycles. The van der Waals surface area contributed by atoms with Crippen molar-refractivity contribution in [3.63, 3.8) is 0 Å². The second-order valence-electron chi connectivity index (χ2n) is 9.85. The average molecular weight is 571 g/mol. The Hall–Kier alpha value is -4.29. The van der Waals surface area contributed by atoms with Crippen molar-refractivity contribution in [2.75, 3.05) is 11.9 Å². The molecule has 0 radical (unpaired) electrons. The molecule has 0 spiro atoms. The lowest BCUT2D eigenvalue weighted by molar-refractivity contribution is -0.139. The molecule has 4 aromatic carbocycles. The van der Waals surface area contributed by atoms with Gasteiger partial charge in [0.2, 0.25) is 0 Å². The van der Waals surface area contributed by atoms with E-state index in [1.54, 1.807) is 18.2 Å². The van der Waals surface area contributed by atoms with Crippen LogP contribution in [0.25, 0.3) is 11.1 Å². The molecule has 4 rings (SSSR count). The van der Waals surface area contributed by atoms with E-state index < -0.39 is 17.9 Å². The van der Waals surface area contributed by atoms with Crippen molar-refractivity contribution >= 4 is 29.2 Å². The molecule has 0 heterocycles. The van der Waals surface area contributed by atoms with Gasteiger partial charge in [0, 0.05) is 29.2 Å². The van der Waals surface area contributed by atoms with E-state index in [2.05, 4.69) is 17.6 Å². The highest BCUT2D eigenvalue weighted by Gasteiger charge is 2.23. The predicted molar refractivity (Wildman–Crippen MR) is 165 cm³/mol. The second kappa shape index (κ2) is 14.9. The number of unbranched alkanes of at least 4 members (excludes halogenated alkanes) is 3. The number of carbonyl (C=O) groups excluding carboxylic acids is 1. The molecule has 7 heteroatoms. The molecule has 1 atom stereocenters. The van der Waals surface area contributed by atoms with Crippen molar-refractivity contribution in [2.24, 2.45) is 0 Å². The van der Waals surface area contributed by atoms with Gasteiger partial charge in [-0.05, 0) is 53.9 Å². The summed E-state index contributed by atoms with van der Waals surface area (Å²) in [7, 11) is 0. The van der Waals surface area contributed by atoms with Crippen LogP contribution < -0.4 is 15.4 Å². The third kappa shape index (κ3) is 8.60. The fourth-order valence-electron chi connectivity index (χ4n) is 4.54. The van der Waals surface area contributed by atoms with E-state index in [-0.39, 0.29) is 6.42 Å². The Morgan fingerprint density at radius 3 is 2.34 bits per heavy atom. The number of nitrogens with one attached hydrogen (secondary N) is 2. The Morgan fingerprint density at radius 1 is 0.878 bits per heavy atom. The van der Waals surface area contributed by atoms with E-state index in [9.17, 15) is 14.7 Å². The van der Waals surface area contributed by atoms with Crippen LogP contribution in [0.3, 0.4) is 0 Å². The first-order valence-electron chi connectivity index (χ1n) is 13.9. The molecular formula is C34H35ClN2O4. The van der Waals surface area contributed by atoms with Crippen LogP contribution in [0.4, 0.5) is 5.69 Å². The fourth-order valence-corrected chi connectivity index (χ4v) is 4.71. The molecule has 0 fully saturated rings. The van der Waals surface area contributed by atoms with Crippen LogP contribution in [-0.2, 0) is 11.2 Å². The lowest BCUT2D eigenvalue weighted by Crippen LogP contribution is -2.42. The Bertz CT molecular complexity index is 1440. The van der Waals surface area contributed by atoms with Crippen molar-refractivity contribution in [1.29, 1.82) is 0 Å². The van der Waals surface area contributed by atoms with Crippen LogP contribution in [0.15, 0.2) is 97.1 Å². The molecule has 0 bridgehead atoms. The third-order valence-corrected chi connectivity index (χ3v) is 6.97. The molecule has 1 amide bonds. The normalized spacial score (nSPS) is 11.5. The van der Waals surface area contributed by atoms with Gasteiger partial charge in [-0.2, -0.15) is 0 Å². The summed E-state index contributed by atoms with van der Waals surface area (Å²) in [5.41, 5.74) is 3.59. The number of anilines is 1. The number of benzene rings is 4. The van der Waals surface area contributed by atoms with Gasteiger partial charge in [-0.15, -0.1) is 0 Å². The summed E-state index contributed by atoms with van der Waals surface area (Å²) in [5, 5.41) is 16.3. The maximum absolute atomic E-state index is 13.2. The number of amides is 1. The Morgan fingerprint density at radius 2 is 1.61 bits per heavy atom. The zero-order valence-electron chi connectivity index (χ0n) is 23.1. The number of ether oxygens (including phenoxy) is 1. The van der Waals surface area contributed by atoms with Gasteiger partial charge in [0.15, 0.2) is 0 Å². The van der Waals surface area contributed by atoms with Crippen LogP contribution in [0.1, 0.15) is 48.5 Å². The summed E-state index contributed by atoms with van der Waals surface area (Å²) in [4.78, 5) is 25.3. The van der Waals surface area contributed by atoms with Gasteiger partial charge in [0.25, 0.3) is 5.91 Å². The molecule has 41 heavy (non-hydrogen) atoms. The quantitative estimate of drug-likeness (QED) is 0.133. The smallest absolute Gasteiger partial charge is 0.326 e. The van der Waals surface area contributed by atoms with Crippen molar-refractivity contribution in [1.82, 2.24) is 5.32 Å². The number of carboxylic acids is 1. The van der Waals surface area contributed by atoms with Gasteiger partial charge in [0.1, 0.15) is 17.5 Å². The summed E-state index contributed by atoms with van der Waals surface area (Å²) in [5.74, 6) is -0.135. The summed E-state index contributed by atoms with van der Waals surface area (Å²) in [6, 6.07) is 28.9. The summed E-state index contributed by atoms with van der Waals surface area (Å²) in [6.45, 7) is 2.87. The van der Waals surface area contributed by atoms with Crippen molar-refractivity contribution in [3.05, 3.63) is 113 Å². The zero-order valence-corrected chi connectivity index (χ0v) is 23.9. The molecule has 3 N–H and O–H groups in total. The predicted octanol–water partition coefficient (Wildman–Crippen LogP) is 8.22. The monoisotopic (exact) mass is 570 g/mol. The summed E-state index contributed by atoms with van der Waals surface area (Å²) in [6.07, 6.45) is 4.51. The largest absolute Gasteiger partial charge is 0.480 e. The van der Waals surface area contributed by atoms with Crippen LogP contribution in [0.5, 0.6) is 11.5 Å². The van der Waals surface area contributed by atoms with Crippen molar-refractivity contribution in [2.45, 2.75) is 45.1 Å². The van der Waals surface area contributed by atoms with E-state index in [4.69, 9.17) is 16.3 Å². The maximum atomic E-state index is 13.2. The first-order valence-corrected chi connectivity index (χ1v) is 14.3. The number of aliphatic carboxylic acids is 1. The summed E-state index contributed by atoms with van der Waals surface area (Å²) < 4.78 is 6.10. The van der Waals surface area contributed by atoms with Gasteiger partial charge in [-0.1, -0.05) is 98.5 Å². The Balaban J connectivity index is 1.45. The SMILES string of the molecule is CCCCCCNc1ccc(Cl)cc1C(=O)N[C@@H](Cc1ccc(-c2ccccc2Oc2ccccc2)cc1)C(=O)O. The van der Waals surface area contributed by atoms with Gasteiger partial charge >= 0.3 is 5.97 Å². The van der Waals surface area contributed by atoms with Gasteiger partial charge < -0.3 is 20.5 Å². The number of carbonyl (C=O) groups is 2. The number of hydrogen-bond donors (Lipinski definition) is 3. The topological polar surface area (TPSA) is 87.7 Å². The molecule has 0 saturated heterocycles. The van der Waals surface area contributed by atoms with Crippen LogP contribution >= 0.6 is 11.6 Å². The highest BCUT2D eigenvalue weighted by atomic mass is 35.5. The third-order valence-electron chi connectivity index (χ3n) is 6.74. The van der Waals surface area contributed by atoms with Crippen LogP contribution in [0, 0.1) is 0 Å². The standard InChI is InChI=1S/C34H35ClN2O4/c1-2-3-4-10-21-36-30-20-19-26(35)23-29(30)33(38)37-31(34(39)40)22-24-15-17-25(18-16-24)28-13-8-9-14-32(28)41-27-11-6-5-7-12-27/h5-9,11-20,23,31,36H,2-4,10,21-22H2,1H3,(H,37,38)(H,39,40)/t31-/m0/s1. The summed E-state index contributed by atoms with van der Waals surface area (Å²) >= 11 is 6.18. The molecule has 212 valence electrons. The highest BCUT2D eigenvalue weighted by molar-refractivity contribution is 6.31. The van der Waals surface area contributed by atoms with Crippen LogP contribution in [0.2, 0.25) is 5.02 Å². The van der Waals surface area contributed by atoms with Gasteiger partial charge in [0.05, 0.1) is 5.56 Å². The Labute approximate surface area is 246 Å². The molecule has 0 aromatic heterocycles. The molecule has 0 aliphatic heterocycles. The minimum Gasteiger partial charge on any atom is -0.480 e. The highest BCUT2D eigenvalue weighted by Crippen LogP contribution is 2.33. The van der Waals surface area contributed by atoms with E-state index >= 15 is 0 Å². The van der Waals surface area contributed by atoms with Crippen molar-refractivity contribution in [3.8, 4) is 22.6 Å². The van der Waals surface area contributed by atoms with Gasteiger partial charge in [-0.3, -0.25) is 4.79 Å². The van der Waals surface area contributed by atoms with Crippen molar-refractivity contribution < 1.29 is 19.4 Å². The molecule has 0 unspecified atom stereocenters. The number of carboxylic acid groups (broad SMARTS) is 1. The minimum absolute atomic E-state index is 0.129. The number of para-hydroxylation sites is 2. The first kappa shape index (κ1) is 29.7. The van der Waals surface area contributed by atoms with E-state index in [0.29, 0.717) is 16.3 Å². The van der Waals surface area contributed by atoms with Crippen LogP contribution in [-0.4, -0.2) is 29.6 Å². The number of rotatable bonds is 14. The molecule has 0 aliphatic rings. The molecule has 4 aromatic rings. The molecular weight excluding hydrogens is 536 g/mol. The number of halogens is 1. The lowest BCUT2D eigenvalue weighted by Gasteiger charge is -2.18. The minimum atomic E-state index is -1.11. The first-order chi connectivity index (χ1) is 19.9. The number of hydrogen-bond acceptors (Lipinski definition) is 4. The van der Waals surface area contributed by atoms with E-state index in [1.807, 2.05) is 78.9 Å². The molecule has 6 nitrogen and oxygen atoms in total. The Kier molecular flexibility index (Phi) is 10.8. The maximum Gasteiger partial charge on any atom is 0.326 e. The van der Waals surface area contributed by atoms with E-state index in [0.717, 1.165) is 60.4 Å². The lowest BCUT2D eigenvalue weighted by atomic mass is 9.99. The second-order valence-corrected chi connectivity index (χ2v) is 10.3. The fraction of sp³-hybridized carbons (Fsp3) is 0.235. The van der Waals surface area contributed by atoms with E-state index in [1.165, 1.54) is 0 Å². The zero-order chi connectivity index (χ0) is 29.0.